The third kappa shape index (κ3) is 2.39. The Bertz CT molecular complexity index is 962. The minimum atomic E-state index is -0.613. The van der Waals surface area contributed by atoms with Gasteiger partial charge in [0.15, 0.2) is 0 Å². The summed E-state index contributed by atoms with van der Waals surface area (Å²) in [5, 5.41) is 13.7. The molecule has 0 amide bonds. The Morgan fingerprint density at radius 3 is 2.83 bits per heavy atom. The molecule has 1 fully saturated rings. The first-order chi connectivity index (χ1) is 11.5. The van der Waals surface area contributed by atoms with E-state index in [1.54, 1.807) is 0 Å². The maximum absolute atomic E-state index is 10.7. The maximum Gasteiger partial charge on any atom is 0.329 e. The number of benzene rings is 1. The molecular formula is C15H15N7O2. The summed E-state index contributed by atoms with van der Waals surface area (Å²) in [4.78, 5) is 22.7. The summed E-state index contributed by atoms with van der Waals surface area (Å²) in [5.41, 5.74) is 7.97. The number of hydrogen-bond donors (Lipinski definition) is 2. The highest BCUT2D eigenvalue weighted by Crippen LogP contribution is 2.40. The Morgan fingerprint density at radius 2 is 2.17 bits per heavy atom. The fraction of sp³-hybridized carbons (Fsp3) is 0.267. The first-order valence-corrected chi connectivity index (χ1v) is 7.53. The second-order valence-electron chi connectivity index (χ2n) is 5.85. The number of nitrogens with two attached hydrogens (primary N) is 1. The Hall–Kier alpha value is -3.23. The monoisotopic (exact) mass is 325 g/mol. The van der Waals surface area contributed by atoms with Gasteiger partial charge in [-0.05, 0) is 31.0 Å². The summed E-state index contributed by atoms with van der Waals surface area (Å²) < 4.78 is 2.12. The lowest BCUT2D eigenvalue weighted by Gasteiger charge is -2.05. The van der Waals surface area contributed by atoms with Gasteiger partial charge in [0.2, 0.25) is 11.8 Å². The molecule has 0 unspecified atom stereocenters. The molecule has 2 heterocycles. The molecule has 122 valence electrons. The summed E-state index contributed by atoms with van der Waals surface area (Å²) in [6.45, 7) is 0. The molecule has 0 aliphatic heterocycles. The van der Waals surface area contributed by atoms with Crippen molar-refractivity contribution in [2.75, 3.05) is 11.1 Å². The van der Waals surface area contributed by atoms with Crippen molar-refractivity contribution in [2.45, 2.75) is 18.8 Å². The fourth-order valence-corrected chi connectivity index (χ4v) is 2.72. The van der Waals surface area contributed by atoms with Gasteiger partial charge in [-0.1, -0.05) is 0 Å². The van der Waals surface area contributed by atoms with E-state index in [1.165, 1.54) is 12.8 Å². The number of nitrogens with zero attached hydrogens (tertiary/aromatic N) is 5. The molecule has 1 aromatic carbocycles. The van der Waals surface area contributed by atoms with Crippen LogP contribution in [0.3, 0.4) is 0 Å². The van der Waals surface area contributed by atoms with Gasteiger partial charge in [0.25, 0.3) is 0 Å². The van der Waals surface area contributed by atoms with E-state index in [9.17, 15) is 10.1 Å². The standard InChI is InChI=1S/C15H15N7O2/c1-21-11-5-4-9(6-10(11)19-14(21)8-2-3-8)18-15-17-7-12(22(23)24)13(16)20-15/h4-8H,2-3H2,1H3,(H3,16,17,18,20). The molecular weight excluding hydrogens is 310 g/mol. The molecule has 0 radical (unpaired) electrons. The number of fused-ring (bicyclic) bond motifs is 1. The third-order valence-corrected chi connectivity index (χ3v) is 4.11. The van der Waals surface area contributed by atoms with Crippen LogP contribution in [0.2, 0.25) is 0 Å². The van der Waals surface area contributed by atoms with E-state index in [-0.39, 0.29) is 17.5 Å². The first kappa shape index (κ1) is 14.4. The SMILES string of the molecule is Cn1c(C2CC2)nc2cc(Nc3ncc([N+](=O)[O-])c(N)n3)ccc21. The van der Waals surface area contributed by atoms with E-state index < -0.39 is 4.92 Å². The number of aryl methyl sites for hydroxylation is 1. The third-order valence-electron chi connectivity index (χ3n) is 4.11. The second kappa shape index (κ2) is 5.15. The normalized spacial score (nSPS) is 14.0. The van der Waals surface area contributed by atoms with Crippen molar-refractivity contribution in [3.63, 3.8) is 0 Å². The van der Waals surface area contributed by atoms with E-state index in [1.807, 2.05) is 25.2 Å². The van der Waals surface area contributed by atoms with Crippen molar-refractivity contribution in [1.29, 1.82) is 0 Å². The van der Waals surface area contributed by atoms with Gasteiger partial charge in [-0.3, -0.25) is 10.1 Å². The quantitative estimate of drug-likeness (QED) is 0.557. The predicted octanol–water partition coefficient (Wildman–Crippen LogP) is 2.47. The highest BCUT2D eigenvalue weighted by Gasteiger charge is 2.28. The van der Waals surface area contributed by atoms with Gasteiger partial charge in [0.1, 0.15) is 12.0 Å². The zero-order valence-electron chi connectivity index (χ0n) is 12.9. The fourth-order valence-electron chi connectivity index (χ4n) is 2.72. The lowest BCUT2D eigenvalue weighted by Crippen LogP contribution is -2.03. The van der Waals surface area contributed by atoms with Crippen LogP contribution < -0.4 is 11.1 Å². The first-order valence-electron chi connectivity index (χ1n) is 7.53. The van der Waals surface area contributed by atoms with Gasteiger partial charge >= 0.3 is 5.69 Å². The Morgan fingerprint density at radius 1 is 1.38 bits per heavy atom. The number of nitro groups is 1. The number of anilines is 3. The highest BCUT2D eigenvalue weighted by atomic mass is 16.6. The summed E-state index contributed by atoms with van der Waals surface area (Å²) in [6, 6.07) is 5.77. The van der Waals surface area contributed by atoms with Gasteiger partial charge in [-0.15, -0.1) is 0 Å². The van der Waals surface area contributed by atoms with Crippen LogP contribution in [-0.4, -0.2) is 24.4 Å². The van der Waals surface area contributed by atoms with Crippen LogP contribution in [0.1, 0.15) is 24.6 Å². The van der Waals surface area contributed by atoms with Gasteiger partial charge in [-0.25, -0.2) is 9.97 Å². The van der Waals surface area contributed by atoms with Crippen LogP contribution in [0, 0.1) is 10.1 Å². The molecule has 2 aromatic heterocycles. The van der Waals surface area contributed by atoms with Crippen molar-refractivity contribution in [3.05, 3.63) is 40.3 Å². The van der Waals surface area contributed by atoms with Crippen molar-refractivity contribution >= 4 is 34.2 Å². The summed E-state index contributed by atoms with van der Waals surface area (Å²) in [5.74, 6) is 1.71. The predicted molar refractivity (Wildman–Crippen MR) is 89.1 cm³/mol. The van der Waals surface area contributed by atoms with Crippen molar-refractivity contribution < 1.29 is 4.92 Å². The lowest BCUT2D eigenvalue weighted by atomic mass is 10.3. The zero-order chi connectivity index (χ0) is 16.8. The molecule has 0 bridgehead atoms. The molecule has 9 nitrogen and oxygen atoms in total. The molecule has 3 aromatic rings. The zero-order valence-corrected chi connectivity index (χ0v) is 12.9. The molecule has 9 heteroatoms. The van der Waals surface area contributed by atoms with Crippen LogP contribution in [0.5, 0.6) is 0 Å². The van der Waals surface area contributed by atoms with Crippen molar-refractivity contribution in [3.8, 4) is 0 Å². The molecule has 1 aliphatic carbocycles. The van der Waals surface area contributed by atoms with E-state index in [0.717, 1.165) is 28.7 Å². The van der Waals surface area contributed by atoms with Gasteiger partial charge in [0, 0.05) is 18.7 Å². The average molecular weight is 325 g/mol. The van der Waals surface area contributed by atoms with E-state index in [4.69, 9.17) is 10.7 Å². The van der Waals surface area contributed by atoms with E-state index in [2.05, 4.69) is 19.9 Å². The molecule has 4 rings (SSSR count). The van der Waals surface area contributed by atoms with Gasteiger partial charge < -0.3 is 15.6 Å². The topological polar surface area (TPSA) is 125 Å². The minimum absolute atomic E-state index is 0.174. The smallest absolute Gasteiger partial charge is 0.329 e. The van der Waals surface area contributed by atoms with Crippen LogP contribution in [0.25, 0.3) is 11.0 Å². The lowest BCUT2D eigenvalue weighted by molar-refractivity contribution is -0.384. The van der Waals surface area contributed by atoms with Gasteiger partial charge in [-0.2, -0.15) is 4.98 Å². The Kier molecular flexibility index (Phi) is 3.08. The average Bonchev–Trinajstić information content (AvgIpc) is 3.32. The summed E-state index contributed by atoms with van der Waals surface area (Å²) in [7, 11) is 2.02. The van der Waals surface area contributed by atoms with Crippen LogP contribution in [0.4, 0.5) is 23.1 Å². The van der Waals surface area contributed by atoms with Gasteiger partial charge in [0.05, 0.1) is 16.0 Å². The van der Waals surface area contributed by atoms with Crippen LogP contribution in [-0.2, 0) is 7.05 Å². The number of aromatic nitrogens is 4. The summed E-state index contributed by atoms with van der Waals surface area (Å²) in [6.07, 6.45) is 3.48. The number of imidazole rings is 1. The van der Waals surface area contributed by atoms with Crippen LogP contribution >= 0.6 is 0 Å². The number of rotatable bonds is 4. The number of hydrogen-bond acceptors (Lipinski definition) is 7. The molecule has 0 spiro atoms. The van der Waals surface area contributed by atoms with Crippen LogP contribution in [0.15, 0.2) is 24.4 Å². The molecule has 24 heavy (non-hydrogen) atoms. The van der Waals surface area contributed by atoms with Crippen molar-refractivity contribution in [2.24, 2.45) is 7.05 Å². The van der Waals surface area contributed by atoms with E-state index >= 15 is 0 Å². The molecule has 1 saturated carbocycles. The Labute approximate surface area is 136 Å². The van der Waals surface area contributed by atoms with E-state index in [0.29, 0.717) is 5.92 Å². The minimum Gasteiger partial charge on any atom is -0.378 e. The van der Waals surface area contributed by atoms with Crippen molar-refractivity contribution in [1.82, 2.24) is 19.5 Å². The molecule has 3 N–H and O–H groups in total. The summed E-state index contributed by atoms with van der Waals surface area (Å²) >= 11 is 0. The Balaban J connectivity index is 1.65. The highest BCUT2D eigenvalue weighted by molar-refractivity contribution is 5.81. The second-order valence-corrected chi connectivity index (χ2v) is 5.85. The maximum atomic E-state index is 10.7. The number of nitrogens with one attached hydrogen (secondary N) is 1. The molecule has 1 aliphatic rings. The number of nitrogen functional groups attached to an aromatic ring is 1. The molecule has 0 atom stereocenters. The molecule has 0 saturated heterocycles. The largest absolute Gasteiger partial charge is 0.378 e.